The van der Waals surface area contributed by atoms with Gasteiger partial charge >= 0.3 is 0 Å². The Morgan fingerprint density at radius 1 is 1.53 bits per heavy atom. The fraction of sp³-hybridized carbons (Fsp3) is 0.455. The molecule has 0 aromatic carbocycles. The van der Waals surface area contributed by atoms with E-state index in [1.54, 1.807) is 0 Å². The summed E-state index contributed by atoms with van der Waals surface area (Å²) >= 11 is 4.91. The third-order valence-corrected chi connectivity index (χ3v) is 3.18. The maximum absolute atomic E-state index is 5.56. The molecule has 0 amide bonds. The molecule has 0 unspecified atom stereocenters. The van der Waals surface area contributed by atoms with Gasteiger partial charge in [-0.1, -0.05) is 18.3 Å². The van der Waals surface area contributed by atoms with Gasteiger partial charge in [-0.2, -0.15) is 0 Å². The Kier molecular flexibility index (Phi) is 2.86. The maximum atomic E-state index is 5.56. The lowest BCUT2D eigenvalue weighted by molar-refractivity contribution is 0.399. The highest BCUT2D eigenvalue weighted by molar-refractivity contribution is 7.80. The molecule has 1 aliphatic carbocycles. The van der Waals surface area contributed by atoms with Crippen LogP contribution in [0.15, 0.2) is 18.2 Å². The second kappa shape index (κ2) is 4.14. The summed E-state index contributed by atoms with van der Waals surface area (Å²) in [5, 5.41) is 0. The molecular weight excluding hydrogens is 206 g/mol. The smallest absolute Gasteiger partial charge is 0.129 e. The molecule has 0 spiro atoms. The number of aromatic nitrogens is 1. The largest absolute Gasteiger partial charge is 0.388 e. The Hall–Kier alpha value is -1.16. The highest BCUT2D eigenvalue weighted by Crippen LogP contribution is 2.26. The van der Waals surface area contributed by atoms with Gasteiger partial charge < -0.3 is 10.6 Å². The first-order valence-electron chi connectivity index (χ1n) is 5.18. The molecule has 1 aromatic heterocycles. The van der Waals surface area contributed by atoms with Gasteiger partial charge in [0.05, 0.1) is 5.69 Å². The lowest BCUT2D eigenvalue weighted by Gasteiger charge is -2.35. The first-order chi connectivity index (χ1) is 7.18. The van der Waals surface area contributed by atoms with Gasteiger partial charge in [0.2, 0.25) is 0 Å². The Morgan fingerprint density at radius 3 is 2.80 bits per heavy atom. The van der Waals surface area contributed by atoms with E-state index in [1.165, 1.54) is 19.3 Å². The number of hydrogen-bond donors (Lipinski definition) is 1. The summed E-state index contributed by atoms with van der Waals surface area (Å²) < 4.78 is 0. The number of nitrogens with two attached hydrogens (primary N) is 1. The van der Waals surface area contributed by atoms with E-state index in [9.17, 15) is 0 Å². The molecule has 0 radical (unpaired) electrons. The van der Waals surface area contributed by atoms with Gasteiger partial charge in [-0.15, -0.1) is 0 Å². The minimum atomic E-state index is 0.360. The molecule has 1 aromatic rings. The first-order valence-corrected chi connectivity index (χ1v) is 5.59. The molecular formula is C11H15N3S. The fourth-order valence-electron chi connectivity index (χ4n) is 1.72. The number of thiocarbonyl (C=S) groups is 1. The molecule has 0 aliphatic heterocycles. The fourth-order valence-corrected chi connectivity index (χ4v) is 1.83. The van der Waals surface area contributed by atoms with Gasteiger partial charge in [0.25, 0.3) is 0 Å². The van der Waals surface area contributed by atoms with E-state index in [4.69, 9.17) is 18.0 Å². The van der Waals surface area contributed by atoms with Crippen molar-refractivity contribution < 1.29 is 0 Å². The molecule has 1 saturated carbocycles. The summed E-state index contributed by atoms with van der Waals surface area (Å²) in [7, 11) is 2.08. The van der Waals surface area contributed by atoms with Crippen molar-refractivity contribution in [1.29, 1.82) is 0 Å². The van der Waals surface area contributed by atoms with E-state index in [1.807, 2.05) is 18.2 Å². The van der Waals surface area contributed by atoms with Crippen molar-refractivity contribution in [3.05, 3.63) is 23.9 Å². The molecule has 80 valence electrons. The molecule has 1 heterocycles. The van der Waals surface area contributed by atoms with Gasteiger partial charge in [0.15, 0.2) is 0 Å². The summed E-state index contributed by atoms with van der Waals surface area (Å²) in [6.45, 7) is 0. The van der Waals surface area contributed by atoms with Crippen LogP contribution < -0.4 is 10.6 Å². The van der Waals surface area contributed by atoms with Crippen LogP contribution in [0.1, 0.15) is 25.0 Å². The molecule has 1 aliphatic rings. The van der Waals surface area contributed by atoms with E-state index in [0.717, 1.165) is 5.82 Å². The van der Waals surface area contributed by atoms with Gasteiger partial charge in [-0.05, 0) is 31.4 Å². The van der Waals surface area contributed by atoms with Crippen LogP contribution in [0.25, 0.3) is 0 Å². The van der Waals surface area contributed by atoms with Crippen molar-refractivity contribution in [3.63, 3.8) is 0 Å². The average molecular weight is 221 g/mol. The lowest BCUT2D eigenvalue weighted by Crippen LogP contribution is -2.37. The third-order valence-electron chi connectivity index (χ3n) is 2.97. The molecule has 4 heteroatoms. The van der Waals surface area contributed by atoms with Crippen molar-refractivity contribution in [3.8, 4) is 0 Å². The third kappa shape index (κ3) is 2.09. The van der Waals surface area contributed by atoms with Crippen LogP contribution in [0.4, 0.5) is 5.82 Å². The number of nitrogens with zero attached hydrogens (tertiary/aromatic N) is 2. The Morgan fingerprint density at radius 2 is 2.27 bits per heavy atom. The molecule has 0 bridgehead atoms. The van der Waals surface area contributed by atoms with Crippen molar-refractivity contribution in [1.82, 2.24) is 4.98 Å². The Bertz CT molecular complexity index is 374. The summed E-state index contributed by atoms with van der Waals surface area (Å²) in [4.78, 5) is 7.01. The van der Waals surface area contributed by atoms with E-state index in [0.29, 0.717) is 16.7 Å². The highest BCUT2D eigenvalue weighted by atomic mass is 32.1. The molecule has 0 saturated heterocycles. The molecule has 15 heavy (non-hydrogen) atoms. The molecule has 0 atom stereocenters. The van der Waals surface area contributed by atoms with Gasteiger partial charge in [-0.25, -0.2) is 4.98 Å². The second-order valence-electron chi connectivity index (χ2n) is 3.94. The SMILES string of the molecule is CN(c1cccc(C(N)=S)n1)C1CCC1. The highest BCUT2D eigenvalue weighted by Gasteiger charge is 2.22. The van der Waals surface area contributed by atoms with Crippen LogP contribution in [-0.4, -0.2) is 23.1 Å². The quantitative estimate of drug-likeness (QED) is 0.789. The van der Waals surface area contributed by atoms with Gasteiger partial charge in [0, 0.05) is 13.1 Å². The zero-order valence-electron chi connectivity index (χ0n) is 8.81. The summed E-state index contributed by atoms with van der Waals surface area (Å²) in [5.41, 5.74) is 6.26. The Balaban J connectivity index is 2.19. The summed E-state index contributed by atoms with van der Waals surface area (Å²) in [6.07, 6.45) is 3.84. The van der Waals surface area contributed by atoms with Crippen LogP contribution in [0.5, 0.6) is 0 Å². The maximum Gasteiger partial charge on any atom is 0.129 e. The predicted molar refractivity (Wildman–Crippen MR) is 66.2 cm³/mol. The van der Waals surface area contributed by atoms with E-state index >= 15 is 0 Å². The van der Waals surface area contributed by atoms with Crippen LogP contribution >= 0.6 is 12.2 Å². The topological polar surface area (TPSA) is 42.1 Å². The second-order valence-corrected chi connectivity index (χ2v) is 4.38. The normalized spacial score (nSPS) is 15.8. The molecule has 2 rings (SSSR count). The number of pyridine rings is 1. The Labute approximate surface area is 95.3 Å². The van der Waals surface area contributed by atoms with Crippen molar-refractivity contribution in [2.24, 2.45) is 5.73 Å². The van der Waals surface area contributed by atoms with E-state index in [2.05, 4.69) is 16.9 Å². The zero-order chi connectivity index (χ0) is 10.8. The number of anilines is 1. The van der Waals surface area contributed by atoms with Crippen LogP contribution in [0.3, 0.4) is 0 Å². The number of rotatable bonds is 3. The standard InChI is InChI=1S/C11H15N3S/c1-14(8-4-2-5-8)10-7-3-6-9(13-10)11(12)15/h3,6-8H,2,4-5H2,1H3,(H2,12,15). The zero-order valence-corrected chi connectivity index (χ0v) is 9.63. The molecule has 1 fully saturated rings. The van der Waals surface area contributed by atoms with Crippen molar-refractivity contribution in [2.75, 3.05) is 11.9 Å². The molecule has 2 N–H and O–H groups in total. The van der Waals surface area contributed by atoms with Crippen LogP contribution in [0, 0.1) is 0 Å². The van der Waals surface area contributed by atoms with Crippen LogP contribution in [-0.2, 0) is 0 Å². The number of hydrogen-bond acceptors (Lipinski definition) is 3. The monoisotopic (exact) mass is 221 g/mol. The minimum absolute atomic E-state index is 0.360. The minimum Gasteiger partial charge on any atom is -0.388 e. The summed E-state index contributed by atoms with van der Waals surface area (Å²) in [5.74, 6) is 0.963. The lowest BCUT2D eigenvalue weighted by atomic mass is 9.92. The molecule has 3 nitrogen and oxygen atoms in total. The van der Waals surface area contributed by atoms with Crippen molar-refractivity contribution >= 4 is 23.0 Å². The summed E-state index contributed by atoms with van der Waals surface area (Å²) in [6, 6.07) is 6.44. The first kappa shape index (κ1) is 10.4. The van der Waals surface area contributed by atoms with Gasteiger partial charge in [-0.3, -0.25) is 0 Å². The van der Waals surface area contributed by atoms with E-state index < -0.39 is 0 Å². The average Bonchev–Trinajstić information content (AvgIpc) is 2.15. The van der Waals surface area contributed by atoms with Gasteiger partial charge in [0.1, 0.15) is 10.8 Å². The van der Waals surface area contributed by atoms with E-state index in [-0.39, 0.29) is 0 Å². The predicted octanol–water partition coefficient (Wildman–Crippen LogP) is 1.70. The van der Waals surface area contributed by atoms with Crippen LogP contribution in [0.2, 0.25) is 0 Å². The van der Waals surface area contributed by atoms with Crippen molar-refractivity contribution in [2.45, 2.75) is 25.3 Å².